The maximum atomic E-state index is 12.9. The number of sulfonamides is 1. The van der Waals surface area contributed by atoms with Crippen LogP contribution in [0.4, 0.5) is 0 Å². The molecule has 0 bridgehead atoms. The Kier molecular flexibility index (Phi) is 6.93. The van der Waals surface area contributed by atoms with Gasteiger partial charge in [-0.05, 0) is 31.5 Å². The lowest BCUT2D eigenvalue weighted by Gasteiger charge is -2.27. The van der Waals surface area contributed by atoms with Crippen LogP contribution in [0.2, 0.25) is 0 Å². The molecule has 21 heavy (non-hydrogen) atoms. The number of nitrogens with zero attached hydrogens (tertiary/aromatic N) is 1. The topological polar surface area (TPSA) is 58.6 Å². The van der Waals surface area contributed by atoms with E-state index in [1.165, 1.54) is 7.11 Å². The predicted octanol–water partition coefficient (Wildman–Crippen LogP) is 1.88. The maximum Gasteiger partial charge on any atom is 0.247 e. The number of methoxy groups -OCH3 is 1. The largest absolute Gasteiger partial charge is 0.495 e. The van der Waals surface area contributed by atoms with Gasteiger partial charge in [-0.1, -0.05) is 19.1 Å². The second-order valence-electron chi connectivity index (χ2n) is 4.91. The third kappa shape index (κ3) is 3.88. The van der Waals surface area contributed by atoms with Crippen LogP contribution in [0.1, 0.15) is 19.8 Å². The number of hydrogen-bond donors (Lipinski definition) is 1. The summed E-state index contributed by atoms with van der Waals surface area (Å²) in [5.41, 5.74) is 0. The highest BCUT2D eigenvalue weighted by Crippen LogP contribution is 2.28. The van der Waals surface area contributed by atoms with E-state index < -0.39 is 10.0 Å². The molecule has 0 saturated carbocycles. The molecule has 120 valence electrons. The zero-order valence-electron chi connectivity index (χ0n) is 12.4. The van der Waals surface area contributed by atoms with Crippen molar-refractivity contribution < 1.29 is 13.2 Å². The normalized spacial score (nSPS) is 18.5. The molecule has 7 heteroatoms. The van der Waals surface area contributed by atoms with Gasteiger partial charge >= 0.3 is 0 Å². The van der Waals surface area contributed by atoms with E-state index in [9.17, 15) is 8.42 Å². The number of para-hydroxylation sites is 1. The standard InChI is InChI=1S/C14H22N2O3S.ClH/c1-3-10-16(12-8-9-15-11-12)20(17,18)14-7-5-4-6-13(14)19-2;/h4-7,12,15H,3,8-11H2,1-2H3;1H. The molecule has 1 saturated heterocycles. The Bertz CT molecular complexity index is 545. The Morgan fingerprint density at radius 3 is 2.67 bits per heavy atom. The molecule has 1 fully saturated rings. The van der Waals surface area contributed by atoms with E-state index >= 15 is 0 Å². The van der Waals surface area contributed by atoms with E-state index in [0.717, 1.165) is 19.4 Å². The van der Waals surface area contributed by atoms with E-state index in [4.69, 9.17) is 4.74 Å². The third-order valence-corrected chi connectivity index (χ3v) is 5.53. The first-order valence-corrected chi connectivity index (χ1v) is 8.40. The summed E-state index contributed by atoms with van der Waals surface area (Å²) in [4.78, 5) is 0.253. The monoisotopic (exact) mass is 334 g/mol. The number of nitrogens with one attached hydrogen (secondary N) is 1. The van der Waals surface area contributed by atoms with Crippen LogP contribution in [0.15, 0.2) is 29.2 Å². The molecule has 1 atom stereocenters. The average molecular weight is 335 g/mol. The minimum Gasteiger partial charge on any atom is -0.495 e. The van der Waals surface area contributed by atoms with Crippen molar-refractivity contribution in [3.05, 3.63) is 24.3 Å². The fraction of sp³-hybridized carbons (Fsp3) is 0.571. The molecule has 1 aromatic carbocycles. The lowest BCUT2D eigenvalue weighted by molar-refractivity contribution is 0.331. The van der Waals surface area contributed by atoms with E-state index in [1.54, 1.807) is 28.6 Å². The molecule has 1 heterocycles. The molecule has 5 nitrogen and oxygen atoms in total. The Hall–Kier alpha value is -0.820. The summed E-state index contributed by atoms with van der Waals surface area (Å²) in [6, 6.07) is 6.83. The molecular weight excluding hydrogens is 312 g/mol. The van der Waals surface area contributed by atoms with E-state index in [-0.39, 0.29) is 23.3 Å². The second kappa shape index (κ2) is 7.98. The summed E-state index contributed by atoms with van der Waals surface area (Å²) in [6.45, 7) is 4.11. The number of rotatable bonds is 6. The number of hydrogen-bond acceptors (Lipinski definition) is 4. The van der Waals surface area contributed by atoms with Gasteiger partial charge in [-0.2, -0.15) is 4.31 Å². The Labute approximate surface area is 133 Å². The van der Waals surface area contributed by atoms with Crippen LogP contribution < -0.4 is 10.1 Å². The van der Waals surface area contributed by atoms with Crippen molar-refractivity contribution in [1.29, 1.82) is 0 Å². The molecule has 1 unspecified atom stereocenters. The van der Waals surface area contributed by atoms with Crippen LogP contribution in [0, 0.1) is 0 Å². The van der Waals surface area contributed by atoms with Crippen LogP contribution >= 0.6 is 12.4 Å². The van der Waals surface area contributed by atoms with Gasteiger partial charge in [0, 0.05) is 19.1 Å². The number of halogens is 1. The molecule has 1 N–H and O–H groups in total. The van der Waals surface area contributed by atoms with Gasteiger partial charge in [-0.15, -0.1) is 12.4 Å². The Morgan fingerprint density at radius 1 is 1.38 bits per heavy atom. The molecule has 0 amide bonds. The minimum absolute atomic E-state index is 0. The van der Waals surface area contributed by atoms with Gasteiger partial charge in [0.2, 0.25) is 10.0 Å². The van der Waals surface area contributed by atoms with Crippen molar-refractivity contribution in [3.63, 3.8) is 0 Å². The first-order chi connectivity index (χ1) is 9.61. The summed E-state index contributed by atoms with van der Waals surface area (Å²) < 4.78 is 32.6. The van der Waals surface area contributed by atoms with Crippen molar-refractivity contribution in [3.8, 4) is 5.75 Å². The summed E-state index contributed by atoms with van der Waals surface area (Å²) in [5.74, 6) is 0.402. The molecule has 0 spiro atoms. The van der Waals surface area contributed by atoms with Gasteiger partial charge < -0.3 is 10.1 Å². The lowest BCUT2D eigenvalue weighted by Crippen LogP contribution is -2.42. The summed E-state index contributed by atoms with van der Waals surface area (Å²) in [6.07, 6.45) is 1.65. The van der Waals surface area contributed by atoms with Crippen molar-refractivity contribution in [1.82, 2.24) is 9.62 Å². The first-order valence-electron chi connectivity index (χ1n) is 6.96. The van der Waals surface area contributed by atoms with Crippen molar-refractivity contribution in [2.45, 2.75) is 30.7 Å². The maximum absolute atomic E-state index is 12.9. The van der Waals surface area contributed by atoms with E-state index in [2.05, 4.69) is 5.32 Å². The molecule has 0 aromatic heterocycles. The predicted molar refractivity (Wildman–Crippen MR) is 85.7 cm³/mol. The highest BCUT2D eigenvalue weighted by Gasteiger charge is 2.34. The third-order valence-electron chi connectivity index (χ3n) is 3.54. The van der Waals surface area contributed by atoms with Crippen LogP contribution in [0.25, 0.3) is 0 Å². The van der Waals surface area contributed by atoms with Gasteiger partial charge in [0.15, 0.2) is 0 Å². The van der Waals surface area contributed by atoms with E-state index in [0.29, 0.717) is 18.8 Å². The Morgan fingerprint density at radius 2 is 2.10 bits per heavy atom. The number of benzene rings is 1. The minimum atomic E-state index is -3.52. The molecule has 1 aromatic rings. The molecule has 0 aliphatic carbocycles. The quantitative estimate of drug-likeness (QED) is 0.863. The Balaban J connectivity index is 0.00000220. The fourth-order valence-electron chi connectivity index (χ4n) is 2.56. The van der Waals surface area contributed by atoms with Crippen LogP contribution in [0.3, 0.4) is 0 Å². The van der Waals surface area contributed by atoms with Crippen LogP contribution in [0.5, 0.6) is 5.75 Å². The summed E-state index contributed by atoms with van der Waals surface area (Å²) in [5, 5.41) is 3.23. The van der Waals surface area contributed by atoms with Crippen molar-refractivity contribution >= 4 is 22.4 Å². The van der Waals surface area contributed by atoms with Gasteiger partial charge in [0.05, 0.1) is 7.11 Å². The van der Waals surface area contributed by atoms with Crippen molar-refractivity contribution in [2.24, 2.45) is 0 Å². The van der Waals surface area contributed by atoms with Gasteiger partial charge in [-0.25, -0.2) is 8.42 Å². The van der Waals surface area contributed by atoms with Crippen molar-refractivity contribution in [2.75, 3.05) is 26.7 Å². The first kappa shape index (κ1) is 18.2. The summed E-state index contributed by atoms with van der Waals surface area (Å²) in [7, 11) is -2.03. The molecular formula is C14H23ClN2O3S. The number of ether oxygens (including phenoxy) is 1. The molecule has 1 aliphatic heterocycles. The smallest absolute Gasteiger partial charge is 0.247 e. The summed E-state index contributed by atoms with van der Waals surface area (Å²) >= 11 is 0. The zero-order chi connectivity index (χ0) is 14.6. The fourth-order valence-corrected chi connectivity index (χ4v) is 4.47. The lowest BCUT2D eigenvalue weighted by atomic mass is 10.2. The average Bonchev–Trinajstić information content (AvgIpc) is 2.98. The molecule has 1 aliphatic rings. The van der Waals surface area contributed by atoms with Crippen LogP contribution in [-0.4, -0.2) is 45.5 Å². The highest BCUT2D eigenvalue weighted by atomic mass is 35.5. The van der Waals surface area contributed by atoms with Crippen LogP contribution in [-0.2, 0) is 10.0 Å². The van der Waals surface area contributed by atoms with Gasteiger partial charge in [0.1, 0.15) is 10.6 Å². The van der Waals surface area contributed by atoms with Gasteiger partial charge in [0.25, 0.3) is 0 Å². The molecule has 0 radical (unpaired) electrons. The SMILES string of the molecule is CCCN(C1CCNC1)S(=O)(=O)c1ccccc1OC.Cl. The highest BCUT2D eigenvalue weighted by molar-refractivity contribution is 7.89. The zero-order valence-corrected chi connectivity index (χ0v) is 14.0. The second-order valence-corrected chi connectivity index (χ2v) is 6.77. The van der Waals surface area contributed by atoms with Gasteiger partial charge in [-0.3, -0.25) is 0 Å². The van der Waals surface area contributed by atoms with E-state index in [1.807, 2.05) is 6.92 Å². The molecule has 2 rings (SSSR count).